The minimum atomic E-state index is 0.424. The summed E-state index contributed by atoms with van der Waals surface area (Å²) in [5, 5.41) is 6.69. The van der Waals surface area contributed by atoms with E-state index in [2.05, 4.69) is 66.9 Å². The third kappa shape index (κ3) is 2.83. The van der Waals surface area contributed by atoms with Crippen molar-refractivity contribution in [2.75, 3.05) is 17.7 Å². The van der Waals surface area contributed by atoms with Crippen LogP contribution >= 0.6 is 0 Å². The van der Waals surface area contributed by atoms with Gasteiger partial charge in [0.25, 0.3) is 0 Å². The summed E-state index contributed by atoms with van der Waals surface area (Å²) in [4.78, 5) is 0. The SMILES string of the molecule is CNc1ccc(NC(C)C)c(-c2ccccc2)c1. The van der Waals surface area contributed by atoms with E-state index in [0.717, 1.165) is 5.69 Å². The van der Waals surface area contributed by atoms with Crippen molar-refractivity contribution >= 4 is 11.4 Å². The first-order valence-corrected chi connectivity index (χ1v) is 6.34. The summed E-state index contributed by atoms with van der Waals surface area (Å²) in [5.41, 5.74) is 4.77. The van der Waals surface area contributed by atoms with Crippen LogP contribution in [0.4, 0.5) is 11.4 Å². The van der Waals surface area contributed by atoms with Crippen LogP contribution in [-0.4, -0.2) is 13.1 Å². The zero-order valence-electron chi connectivity index (χ0n) is 11.2. The monoisotopic (exact) mass is 240 g/mol. The highest BCUT2D eigenvalue weighted by Gasteiger charge is 2.06. The van der Waals surface area contributed by atoms with Crippen LogP contribution in [0.3, 0.4) is 0 Å². The van der Waals surface area contributed by atoms with Crippen LogP contribution in [0.1, 0.15) is 13.8 Å². The van der Waals surface area contributed by atoms with Gasteiger partial charge in [0, 0.05) is 30.0 Å². The molecule has 2 heteroatoms. The van der Waals surface area contributed by atoms with Gasteiger partial charge in [-0.15, -0.1) is 0 Å². The third-order valence-electron chi connectivity index (χ3n) is 2.84. The van der Waals surface area contributed by atoms with Crippen molar-refractivity contribution in [2.24, 2.45) is 0 Å². The molecule has 2 N–H and O–H groups in total. The Kier molecular flexibility index (Phi) is 3.88. The van der Waals surface area contributed by atoms with Crippen molar-refractivity contribution in [1.82, 2.24) is 0 Å². The van der Waals surface area contributed by atoms with Crippen molar-refractivity contribution in [3.63, 3.8) is 0 Å². The number of anilines is 2. The Morgan fingerprint density at radius 1 is 0.944 bits per heavy atom. The summed E-state index contributed by atoms with van der Waals surface area (Å²) in [5.74, 6) is 0. The Balaban J connectivity index is 2.47. The van der Waals surface area contributed by atoms with Crippen LogP contribution in [0.2, 0.25) is 0 Å². The van der Waals surface area contributed by atoms with Gasteiger partial charge in [-0.1, -0.05) is 30.3 Å². The molecular weight excluding hydrogens is 220 g/mol. The van der Waals surface area contributed by atoms with E-state index in [-0.39, 0.29) is 0 Å². The average Bonchev–Trinajstić information content (AvgIpc) is 2.39. The molecule has 0 bridgehead atoms. The predicted molar refractivity (Wildman–Crippen MR) is 80.2 cm³/mol. The van der Waals surface area contributed by atoms with Crippen molar-refractivity contribution in [3.8, 4) is 11.1 Å². The van der Waals surface area contributed by atoms with Gasteiger partial charge >= 0.3 is 0 Å². The quantitative estimate of drug-likeness (QED) is 0.836. The fourth-order valence-electron chi connectivity index (χ4n) is 1.99. The van der Waals surface area contributed by atoms with Gasteiger partial charge < -0.3 is 10.6 Å². The largest absolute Gasteiger partial charge is 0.388 e. The van der Waals surface area contributed by atoms with Gasteiger partial charge in [-0.05, 0) is 37.6 Å². The van der Waals surface area contributed by atoms with Crippen LogP contribution in [0.5, 0.6) is 0 Å². The maximum absolute atomic E-state index is 3.50. The molecule has 0 radical (unpaired) electrons. The molecule has 2 aromatic rings. The van der Waals surface area contributed by atoms with Crippen LogP contribution in [0.25, 0.3) is 11.1 Å². The standard InChI is InChI=1S/C16H20N2/c1-12(2)18-16-10-9-14(17-3)11-15(16)13-7-5-4-6-8-13/h4-12,17-18H,1-3H3. The van der Waals surface area contributed by atoms with Gasteiger partial charge in [-0.2, -0.15) is 0 Å². The van der Waals surface area contributed by atoms with Crippen LogP contribution in [0.15, 0.2) is 48.5 Å². The number of benzene rings is 2. The lowest BCUT2D eigenvalue weighted by Crippen LogP contribution is -2.10. The van der Waals surface area contributed by atoms with Crippen LogP contribution < -0.4 is 10.6 Å². The van der Waals surface area contributed by atoms with E-state index in [1.807, 2.05) is 13.1 Å². The molecule has 0 heterocycles. The van der Waals surface area contributed by atoms with Crippen molar-refractivity contribution in [1.29, 1.82) is 0 Å². The number of hydrogen-bond donors (Lipinski definition) is 2. The first-order chi connectivity index (χ1) is 8.70. The molecule has 2 rings (SSSR count). The molecule has 0 aliphatic carbocycles. The van der Waals surface area contributed by atoms with Gasteiger partial charge in [0.2, 0.25) is 0 Å². The van der Waals surface area contributed by atoms with Crippen molar-refractivity contribution in [2.45, 2.75) is 19.9 Å². The second-order valence-corrected chi connectivity index (χ2v) is 4.68. The lowest BCUT2D eigenvalue weighted by Gasteiger charge is -2.16. The molecule has 0 amide bonds. The summed E-state index contributed by atoms with van der Waals surface area (Å²) >= 11 is 0. The van der Waals surface area contributed by atoms with Crippen molar-refractivity contribution in [3.05, 3.63) is 48.5 Å². The van der Waals surface area contributed by atoms with Gasteiger partial charge in [-0.3, -0.25) is 0 Å². The molecule has 0 atom stereocenters. The fraction of sp³-hybridized carbons (Fsp3) is 0.250. The normalized spacial score (nSPS) is 10.4. The van der Waals surface area contributed by atoms with E-state index in [1.165, 1.54) is 16.8 Å². The molecule has 0 saturated heterocycles. The van der Waals surface area contributed by atoms with Crippen LogP contribution in [-0.2, 0) is 0 Å². The highest BCUT2D eigenvalue weighted by Crippen LogP contribution is 2.31. The van der Waals surface area contributed by atoms with Gasteiger partial charge in [0.1, 0.15) is 0 Å². The lowest BCUT2D eigenvalue weighted by molar-refractivity contribution is 0.900. The molecule has 0 saturated carbocycles. The molecule has 0 spiro atoms. The highest BCUT2D eigenvalue weighted by atomic mass is 14.9. The Morgan fingerprint density at radius 2 is 1.67 bits per heavy atom. The number of rotatable bonds is 4. The molecule has 18 heavy (non-hydrogen) atoms. The Labute approximate surface area is 109 Å². The van der Waals surface area contributed by atoms with Gasteiger partial charge in [0.05, 0.1) is 0 Å². The Bertz CT molecular complexity index is 504. The van der Waals surface area contributed by atoms with Crippen molar-refractivity contribution < 1.29 is 0 Å². The van der Waals surface area contributed by atoms with E-state index in [4.69, 9.17) is 0 Å². The van der Waals surface area contributed by atoms with E-state index >= 15 is 0 Å². The molecule has 0 aromatic heterocycles. The maximum atomic E-state index is 3.50. The van der Waals surface area contributed by atoms with E-state index in [9.17, 15) is 0 Å². The molecule has 2 nitrogen and oxygen atoms in total. The zero-order chi connectivity index (χ0) is 13.0. The third-order valence-corrected chi connectivity index (χ3v) is 2.84. The minimum absolute atomic E-state index is 0.424. The van der Waals surface area contributed by atoms with E-state index < -0.39 is 0 Å². The summed E-state index contributed by atoms with van der Waals surface area (Å²) < 4.78 is 0. The first-order valence-electron chi connectivity index (χ1n) is 6.34. The van der Waals surface area contributed by atoms with Crippen LogP contribution in [0, 0.1) is 0 Å². The highest BCUT2D eigenvalue weighted by molar-refractivity contribution is 5.81. The van der Waals surface area contributed by atoms with E-state index in [0.29, 0.717) is 6.04 Å². The average molecular weight is 240 g/mol. The molecular formula is C16H20N2. The molecule has 94 valence electrons. The summed E-state index contributed by atoms with van der Waals surface area (Å²) in [6, 6.07) is 17.3. The molecule has 0 aliphatic heterocycles. The Morgan fingerprint density at radius 3 is 2.28 bits per heavy atom. The summed E-state index contributed by atoms with van der Waals surface area (Å²) in [7, 11) is 1.94. The molecule has 0 fully saturated rings. The number of hydrogen-bond acceptors (Lipinski definition) is 2. The van der Waals surface area contributed by atoms with E-state index in [1.54, 1.807) is 0 Å². The number of nitrogens with one attached hydrogen (secondary N) is 2. The summed E-state index contributed by atoms with van der Waals surface area (Å²) in [6.07, 6.45) is 0. The summed E-state index contributed by atoms with van der Waals surface area (Å²) in [6.45, 7) is 4.31. The zero-order valence-corrected chi connectivity index (χ0v) is 11.2. The topological polar surface area (TPSA) is 24.1 Å². The minimum Gasteiger partial charge on any atom is -0.388 e. The van der Waals surface area contributed by atoms with Gasteiger partial charge in [-0.25, -0.2) is 0 Å². The second kappa shape index (κ2) is 5.58. The lowest BCUT2D eigenvalue weighted by atomic mass is 10.0. The maximum Gasteiger partial charge on any atom is 0.0423 e. The first kappa shape index (κ1) is 12.5. The molecule has 0 unspecified atom stereocenters. The Hall–Kier alpha value is -1.96. The second-order valence-electron chi connectivity index (χ2n) is 4.68. The molecule has 0 aliphatic rings. The smallest absolute Gasteiger partial charge is 0.0423 e. The predicted octanol–water partition coefficient (Wildman–Crippen LogP) is 4.22. The molecule has 2 aromatic carbocycles. The van der Waals surface area contributed by atoms with Gasteiger partial charge in [0.15, 0.2) is 0 Å². The fourth-order valence-corrected chi connectivity index (χ4v) is 1.99.